The van der Waals surface area contributed by atoms with E-state index in [4.69, 9.17) is 0 Å². The molecule has 1 aromatic heterocycles. The molecule has 2 rings (SSSR count). The highest BCUT2D eigenvalue weighted by atomic mass is 32.1. The number of nitrogens with one attached hydrogen (secondary N) is 1. The predicted octanol–water partition coefficient (Wildman–Crippen LogP) is 3.94. The topological polar surface area (TPSA) is 29.1 Å². The lowest BCUT2D eigenvalue weighted by atomic mass is 10.1. The van der Waals surface area contributed by atoms with Crippen LogP contribution in [-0.4, -0.2) is 11.4 Å². The lowest BCUT2D eigenvalue weighted by Gasteiger charge is -2.19. The van der Waals surface area contributed by atoms with E-state index in [-0.39, 0.29) is 11.4 Å². The Hall–Kier alpha value is -1.61. The number of hydrogen-bond acceptors (Lipinski definition) is 2. The molecule has 1 N–H and O–H groups in total. The van der Waals surface area contributed by atoms with Crippen LogP contribution >= 0.6 is 11.3 Å². The fourth-order valence-electron chi connectivity index (χ4n) is 1.62. The van der Waals surface area contributed by atoms with E-state index in [0.29, 0.717) is 0 Å². The molecule has 0 radical (unpaired) electrons. The molecule has 0 spiro atoms. The van der Waals surface area contributed by atoms with Crippen molar-refractivity contribution >= 4 is 17.2 Å². The van der Waals surface area contributed by atoms with Gasteiger partial charge in [-0.2, -0.15) is 0 Å². The van der Waals surface area contributed by atoms with Crippen molar-refractivity contribution in [1.82, 2.24) is 5.32 Å². The monoisotopic (exact) mass is 259 g/mol. The molecule has 0 aliphatic rings. The van der Waals surface area contributed by atoms with Crippen LogP contribution in [0.4, 0.5) is 0 Å². The smallest absolute Gasteiger partial charge is 0.261 e. The summed E-state index contributed by atoms with van der Waals surface area (Å²) in [6.07, 6.45) is 0. The van der Waals surface area contributed by atoms with Crippen molar-refractivity contribution in [2.75, 3.05) is 0 Å². The SMILES string of the molecule is CC(C)(C)NC(=O)c1ccc(-c2ccccc2)s1. The number of carbonyl (C=O) groups excluding carboxylic acids is 1. The number of benzene rings is 1. The number of carbonyl (C=O) groups is 1. The van der Waals surface area contributed by atoms with Crippen LogP contribution in [-0.2, 0) is 0 Å². The lowest BCUT2D eigenvalue weighted by Crippen LogP contribution is -2.40. The van der Waals surface area contributed by atoms with Crippen LogP contribution in [0.5, 0.6) is 0 Å². The molecule has 0 aliphatic carbocycles. The third-order valence-electron chi connectivity index (χ3n) is 2.38. The van der Waals surface area contributed by atoms with Crippen LogP contribution in [0.25, 0.3) is 10.4 Å². The molecule has 2 nitrogen and oxygen atoms in total. The van der Waals surface area contributed by atoms with E-state index in [0.717, 1.165) is 15.3 Å². The van der Waals surface area contributed by atoms with Gasteiger partial charge in [0.25, 0.3) is 5.91 Å². The quantitative estimate of drug-likeness (QED) is 0.869. The molecule has 1 amide bonds. The molecule has 94 valence electrons. The standard InChI is InChI=1S/C15H17NOS/c1-15(2,3)16-14(17)13-10-9-12(18-13)11-7-5-4-6-8-11/h4-10H,1-3H3,(H,16,17). The minimum Gasteiger partial charge on any atom is -0.347 e. The summed E-state index contributed by atoms with van der Waals surface area (Å²) in [5.41, 5.74) is 0.950. The molecule has 0 fully saturated rings. The molecule has 0 unspecified atom stereocenters. The molecule has 0 saturated carbocycles. The van der Waals surface area contributed by atoms with Crippen molar-refractivity contribution in [3.05, 3.63) is 47.3 Å². The average molecular weight is 259 g/mol. The Kier molecular flexibility index (Phi) is 3.53. The summed E-state index contributed by atoms with van der Waals surface area (Å²) in [7, 11) is 0. The van der Waals surface area contributed by atoms with E-state index < -0.39 is 0 Å². The van der Waals surface area contributed by atoms with Crippen LogP contribution < -0.4 is 5.32 Å². The summed E-state index contributed by atoms with van der Waals surface area (Å²) in [4.78, 5) is 13.9. The molecular weight excluding hydrogens is 242 g/mol. The Balaban J connectivity index is 2.19. The molecule has 0 bridgehead atoms. The molecule has 3 heteroatoms. The van der Waals surface area contributed by atoms with Gasteiger partial charge in [0.15, 0.2) is 0 Å². The maximum Gasteiger partial charge on any atom is 0.261 e. The maximum absolute atomic E-state index is 12.0. The summed E-state index contributed by atoms with van der Waals surface area (Å²) in [6, 6.07) is 14.0. The van der Waals surface area contributed by atoms with Crippen LogP contribution in [0.15, 0.2) is 42.5 Å². The molecule has 2 aromatic rings. The minimum absolute atomic E-state index is 0.00492. The zero-order valence-electron chi connectivity index (χ0n) is 10.9. The predicted molar refractivity (Wildman–Crippen MR) is 77.0 cm³/mol. The second-order valence-corrected chi connectivity index (χ2v) is 6.32. The van der Waals surface area contributed by atoms with Crippen LogP contribution in [0.3, 0.4) is 0 Å². The maximum atomic E-state index is 12.0. The van der Waals surface area contributed by atoms with Gasteiger partial charge in [0.1, 0.15) is 0 Å². The Morgan fingerprint density at radius 1 is 1.06 bits per heavy atom. The zero-order chi connectivity index (χ0) is 13.2. The van der Waals surface area contributed by atoms with Crippen molar-refractivity contribution in [1.29, 1.82) is 0 Å². The van der Waals surface area contributed by atoms with Gasteiger partial charge in [-0.25, -0.2) is 0 Å². The first-order valence-corrected chi connectivity index (χ1v) is 6.75. The molecule has 18 heavy (non-hydrogen) atoms. The van der Waals surface area contributed by atoms with E-state index in [1.807, 2.05) is 51.1 Å². The van der Waals surface area contributed by atoms with Crippen molar-refractivity contribution in [3.8, 4) is 10.4 Å². The third-order valence-corrected chi connectivity index (χ3v) is 3.51. The highest BCUT2D eigenvalue weighted by Crippen LogP contribution is 2.27. The molecule has 0 saturated heterocycles. The number of rotatable bonds is 2. The number of amides is 1. The van der Waals surface area contributed by atoms with E-state index in [1.54, 1.807) is 0 Å². The van der Waals surface area contributed by atoms with Gasteiger partial charge in [-0.05, 0) is 38.5 Å². The van der Waals surface area contributed by atoms with Gasteiger partial charge in [-0.3, -0.25) is 4.79 Å². The van der Waals surface area contributed by atoms with Gasteiger partial charge in [0, 0.05) is 10.4 Å². The van der Waals surface area contributed by atoms with Gasteiger partial charge in [0.05, 0.1) is 4.88 Å². The first-order valence-electron chi connectivity index (χ1n) is 5.93. The van der Waals surface area contributed by atoms with Crippen molar-refractivity contribution < 1.29 is 4.79 Å². The van der Waals surface area contributed by atoms with Crippen molar-refractivity contribution in [2.45, 2.75) is 26.3 Å². The molecule has 1 heterocycles. The summed E-state index contributed by atoms with van der Waals surface area (Å²) in [6.45, 7) is 5.95. The van der Waals surface area contributed by atoms with E-state index in [2.05, 4.69) is 17.4 Å². The summed E-state index contributed by atoms with van der Waals surface area (Å²) in [5, 5.41) is 2.97. The number of thiophene rings is 1. The Bertz CT molecular complexity index is 537. The van der Waals surface area contributed by atoms with E-state index in [1.165, 1.54) is 11.3 Å². The average Bonchev–Trinajstić information content (AvgIpc) is 2.77. The Labute approximate surface area is 112 Å². The van der Waals surface area contributed by atoms with Gasteiger partial charge >= 0.3 is 0 Å². The fourth-order valence-corrected chi connectivity index (χ4v) is 2.53. The third kappa shape index (κ3) is 3.20. The second kappa shape index (κ2) is 4.94. The normalized spacial score (nSPS) is 11.3. The van der Waals surface area contributed by atoms with Crippen LogP contribution in [0, 0.1) is 0 Å². The fraction of sp³-hybridized carbons (Fsp3) is 0.267. The second-order valence-electron chi connectivity index (χ2n) is 5.23. The summed E-state index contributed by atoms with van der Waals surface area (Å²) in [5.74, 6) is -0.00492. The highest BCUT2D eigenvalue weighted by molar-refractivity contribution is 7.17. The zero-order valence-corrected chi connectivity index (χ0v) is 11.7. The van der Waals surface area contributed by atoms with Crippen LogP contribution in [0.2, 0.25) is 0 Å². The first-order chi connectivity index (χ1) is 8.46. The lowest BCUT2D eigenvalue weighted by molar-refractivity contribution is 0.0924. The highest BCUT2D eigenvalue weighted by Gasteiger charge is 2.16. The van der Waals surface area contributed by atoms with Gasteiger partial charge in [-0.15, -0.1) is 11.3 Å². The van der Waals surface area contributed by atoms with Crippen molar-refractivity contribution in [3.63, 3.8) is 0 Å². The number of hydrogen-bond donors (Lipinski definition) is 1. The van der Waals surface area contributed by atoms with Crippen molar-refractivity contribution in [2.24, 2.45) is 0 Å². The van der Waals surface area contributed by atoms with E-state index >= 15 is 0 Å². The molecule has 1 aromatic carbocycles. The minimum atomic E-state index is -0.200. The summed E-state index contributed by atoms with van der Waals surface area (Å²) >= 11 is 1.52. The molecule has 0 aliphatic heterocycles. The molecular formula is C15H17NOS. The van der Waals surface area contributed by atoms with Gasteiger partial charge in [-0.1, -0.05) is 30.3 Å². The largest absolute Gasteiger partial charge is 0.347 e. The Morgan fingerprint density at radius 3 is 2.33 bits per heavy atom. The van der Waals surface area contributed by atoms with Gasteiger partial charge < -0.3 is 5.32 Å². The van der Waals surface area contributed by atoms with E-state index in [9.17, 15) is 4.79 Å². The van der Waals surface area contributed by atoms with Crippen LogP contribution in [0.1, 0.15) is 30.4 Å². The Morgan fingerprint density at radius 2 is 1.72 bits per heavy atom. The summed E-state index contributed by atoms with van der Waals surface area (Å²) < 4.78 is 0. The first kappa shape index (κ1) is 12.8. The van der Waals surface area contributed by atoms with Gasteiger partial charge in [0.2, 0.25) is 0 Å². The molecule has 0 atom stereocenters.